The number of halogens is 1. The molecule has 0 unspecified atom stereocenters. The Labute approximate surface area is 83.1 Å². The molecule has 0 fully saturated rings. The second-order valence-electron chi connectivity index (χ2n) is 2.13. The Morgan fingerprint density at radius 2 is 2.50 bits per heavy atom. The molecule has 0 saturated heterocycles. The van der Waals surface area contributed by atoms with E-state index >= 15 is 0 Å². The van der Waals surface area contributed by atoms with Crippen molar-refractivity contribution in [3.8, 4) is 0 Å². The molecule has 0 bridgehead atoms. The summed E-state index contributed by atoms with van der Waals surface area (Å²) in [4.78, 5) is 17.5. The Balaban J connectivity index is 2.47. The Morgan fingerprint density at radius 1 is 1.67 bits per heavy atom. The maximum absolute atomic E-state index is 10.8. The zero-order valence-corrected chi connectivity index (χ0v) is 8.82. The number of rotatable bonds is 4. The lowest BCUT2D eigenvalue weighted by Crippen LogP contribution is -2.05. The van der Waals surface area contributed by atoms with Gasteiger partial charge in [-0.05, 0) is 6.42 Å². The summed E-state index contributed by atoms with van der Waals surface area (Å²) in [5.74, 6) is 0.970. The molecule has 0 saturated carbocycles. The van der Waals surface area contributed by atoms with Gasteiger partial charge < -0.3 is 4.98 Å². The third-order valence-corrected chi connectivity index (χ3v) is 2.70. The van der Waals surface area contributed by atoms with E-state index in [0.29, 0.717) is 5.16 Å². The summed E-state index contributed by atoms with van der Waals surface area (Å²) in [7, 11) is 0. The number of hydrogen-bond donors (Lipinski definition) is 1. The van der Waals surface area contributed by atoms with Gasteiger partial charge in [-0.3, -0.25) is 4.79 Å². The zero-order valence-electron chi connectivity index (χ0n) is 6.42. The summed E-state index contributed by atoms with van der Waals surface area (Å²) in [6, 6.07) is 1.41. The summed E-state index contributed by atoms with van der Waals surface area (Å²) in [5.41, 5.74) is -0.0913. The zero-order chi connectivity index (χ0) is 8.81. The minimum absolute atomic E-state index is 0.0913. The van der Waals surface area contributed by atoms with Crippen molar-refractivity contribution < 1.29 is 0 Å². The van der Waals surface area contributed by atoms with Gasteiger partial charge in [-0.15, -0.1) is 0 Å². The molecule has 0 aromatic carbocycles. The van der Waals surface area contributed by atoms with Crippen LogP contribution in [0.1, 0.15) is 6.42 Å². The van der Waals surface area contributed by atoms with Crippen molar-refractivity contribution in [2.75, 3.05) is 11.1 Å². The number of nitrogens with one attached hydrogen (secondary N) is 1. The SMILES string of the molecule is O=c1ccnc(SCCCBr)[nH]1. The summed E-state index contributed by atoms with van der Waals surface area (Å²) in [6.45, 7) is 0. The summed E-state index contributed by atoms with van der Waals surface area (Å²) >= 11 is 4.89. The van der Waals surface area contributed by atoms with Gasteiger partial charge in [0.1, 0.15) is 0 Å². The van der Waals surface area contributed by atoms with Gasteiger partial charge in [0.05, 0.1) is 0 Å². The summed E-state index contributed by atoms with van der Waals surface area (Å²) in [5, 5.41) is 1.68. The van der Waals surface area contributed by atoms with Crippen LogP contribution in [-0.4, -0.2) is 21.1 Å². The first-order valence-corrected chi connectivity index (χ1v) is 5.68. The van der Waals surface area contributed by atoms with Crippen LogP contribution in [0.2, 0.25) is 0 Å². The van der Waals surface area contributed by atoms with Crippen molar-refractivity contribution >= 4 is 27.7 Å². The average Bonchev–Trinajstić information content (AvgIpc) is 2.05. The number of hydrogen-bond acceptors (Lipinski definition) is 3. The van der Waals surface area contributed by atoms with Gasteiger partial charge in [0, 0.05) is 23.3 Å². The molecule has 66 valence electrons. The van der Waals surface area contributed by atoms with Gasteiger partial charge in [-0.25, -0.2) is 4.98 Å². The highest BCUT2D eigenvalue weighted by Crippen LogP contribution is 2.11. The van der Waals surface area contributed by atoms with E-state index in [2.05, 4.69) is 25.9 Å². The molecule has 0 aliphatic rings. The van der Waals surface area contributed by atoms with Crippen molar-refractivity contribution in [2.24, 2.45) is 0 Å². The Hall–Kier alpha value is -0.290. The fourth-order valence-corrected chi connectivity index (χ4v) is 2.09. The number of aromatic nitrogens is 2. The van der Waals surface area contributed by atoms with Crippen LogP contribution < -0.4 is 5.56 Å². The minimum Gasteiger partial charge on any atom is -0.301 e. The molecule has 1 aromatic rings. The van der Waals surface area contributed by atoms with Crippen molar-refractivity contribution in [1.82, 2.24) is 9.97 Å². The number of alkyl halides is 1. The van der Waals surface area contributed by atoms with Crippen LogP contribution in [-0.2, 0) is 0 Å². The lowest BCUT2D eigenvalue weighted by molar-refractivity contribution is 0.933. The molecule has 0 radical (unpaired) electrons. The van der Waals surface area contributed by atoms with Crippen molar-refractivity contribution in [1.29, 1.82) is 0 Å². The van der Waals surface area contributed by atoms with Crippen LogP contribution in [0.15, 0.2) is 22.2 Å². The van der Waals surface area contributed by atoms with Gasteiger partial charge in [0.15, 0.2) is 5.16 Å². The van der Waals surface area contributed by atoms with E-state index in [9.17, 15) is 4.79 Å². The number of thioether (sulfide) groups is 1. The van der Waals surface area contributed by atoms with E-state index < -0.39 is 0 Å². The first kappa shape index (κ1) is 9.80. The van der Waals surface area contributed by atoms with E-state index in [1.54, 1.807) is 11.8 Å². The highest BCUT2D eigenvalue weighted by molar-refractivity contribution is 9.09. The molecule has 0 aliphatic heterocycles. The molecular formula is C7H9BrN2OS. The molecule has 1 rings (SSSR count). The first-order chi connectivity index (χ1) is 5.83. The Kier molecular flexibility index (Phi) is 4.39. The van der Waals surface area contributed by atoms with Gasteiger partial charge in [-0.2, -0.15) is 0 Å². The lowest BCUT2D eigenvalue weighted by Gasteiger charge is -1.96. The third-order valence-electron chi connectivity index (χ3n) is 1.16. The molecule has 1 N–H and O–H groups in total. The van der Waals surface area contributed by atoms with Gasteiger partial charge in [0.25, 0.3) is 5.56 Å². The summed E-state index contributed by atoms with van der Waals surface area (Å²) < 4.78 is 0. The van der Waals surface area contributed by atoms with Gasteiger partial charge >= 0.3 is 0 Å². The largest absolute Gasteiger partial charge is 0.301 e. The van der Waals surface area contributed by atoms with E-state index in [1.807, 2.05) is 0 Å². The van der Waals surface area contributed by atoms with E-state index in [0.717, 1.165) is 17.5 Å². The van der Waals surface area contributed by atoms with Crippen LogP contribution >= 0.6 is 27.7 Å². The standard InChI is InChI=1S/C7H9BrN2OS/c8-3-1-5-12-7-9-4-2-6(11)10-7/h2,4H,1,3,5H2,(H,9,10,11). The lowest BCUT2D eigenvalue weighted by atomic mass is 10.6. The Morgan fingerprint density at radius 3 is 3.17 bits per heavy atom. The van der Waals surface area contributed by atoms with Gasteiger partial charge in [0.2, 0.25) is 0 Å². The fourth-order valence-electron chi connectivity index (χ4n) is 0.649. The summed E-state index contributed by atoms with van der Waals surface area (Å²) in [6.07, 6.45) is 2.60. The highest BCUT2D eigenvalue weighted by Gasteiger charge is 1.94. The minimum atomic E-state index is -0.0913. The predicted molar refractivity (Wildman–Crippen MR) is 54.0 cm³/mol. The van der Waals surface area contributed by atoms with Crippen LogP contribution in [0.3, 0.4) is 0 Å². The molecule has 12 heavy (non-hydrogen) atoms. The molecule has 1 aromatic heterocycles. The van der Waals surface area contributed by atoms with Crippen LogP contribution in [0.25, 0.3) is 0 Å². The molecule has 0 amide bonds. The quantitative estimate of drug-likeness (QED) is 0.382. The van der Waals surface area contributed by atoms with Crippen molar-refractivity contribution in [3.05, 3.63) is 22.6 Å². The van der Waals surface area contributed by atoms with Crippen molar-refractivity contribution in [3.63, 3.8) is 0 Å². The molecule has 1 heterocycles. The van der Waals surface area contributed by atoms with Crippen LogP contribution in [0.4, 0.5) is 0 Å². The molecule has 0 aliphatic carbocycles. The second-order valence-corrected chi connectivity index (χ2v) is 4.01. The number of nitrogens with zero attached hydrogens (tertiary/aromatic N) is 1. The number of aromatic amines is 1. The Bertz CT molecular complexity index is 289. The van der Waals surface area contributed by atoms with Crippen molar-refractivity contribution in [2.45, 2.75) is 11.6 Å². The molecule has 0 spiro atoms. The molecule has 0 atom stereocenters. The molecular weight excluding hydrogens is 240 g/mol. The van der Waals surface area contributed by atoms with Gasteiger partial charge in [-0.1, -0.05) is 27.7 Å². The fraction of sp³-hybridized carbons (Fsp3) is 0.429. The molecule has 3 nitrogen and oxygen atoms in total. The van der Waals surface area contributed by atoms with Crippen LogP contribution in [0, 0.1) is 0 Å². The van der Waals surface area contributed by atoms with E-state index in [4.69, 9.17) is 0 Å². The highest BCUT2D eigenvalue weighted by atomic mass is 79.9. The maximum atomic E-state index is 10.8. The van der Waals surface area contributed by atoms with Crippen LogP contribution in [0.5, 0.6) is 0 Å². The van der Waals surface area contributed by atoms with E-state index in [1.165, 1.54) is 12.3 Å². The maximum Gasteiger partial charge on any atom is 0.251 e. The normalized spacial score (nSPS) is 10.1. The second kappa shape index (κ2) is 5.37. The topological polar surface area (TPSA) is 45.8 Å². The third kappa shape index (κ3) is 3.40. The monoisotopic (exact) mass is 248 g/mol. The predicted octanol–water partition coefficient (Wildman–Crippen LogP) is 1.65. The number of H-pyrrole nitrogens is 1. The molecule has 5 heteroatoms. The first-order valence-electron chi connectivity index (χ1n) is 3.57. The van der Waals surface area contributed by atoms with E-state index in [-0.39, 0.29) is 5.56 Å². The average molecular weight is 249 g/mol. The smallest absolute Gasteiger partial charge is 0.251 e.